The summed E-state index contributed by atoms with van der Waals surface area (Å²) in [5.41, 5.74) is 0. The van der Waals surface area contributed by atoms with Crippen molar-refractivity contribution in [3.63, 3.8) is 0 Å². The Hall–Kier alpha value is -0.870. The minimum atomic E-state index is -0.180. The summed E-state index contributed by atoms with van der Waals surface area (Å²) < 4.78 is 5.87. The molecule has 4 nitrogen and oxygen atoms in total. The molecule has 0 aromatic heterocycles. The van der Waals surface area contributed by atoms with Gasteiger partial charge in [0.1, 0.15) is 6.10 Å². The Morgan fingerprint density at radius 3 is 2.73 bits per heavy atom. The molecule has 2 rings (SSSR count). The Balaban J connectivity index is 1.79. The minimum Gasteiger partial charge on any atom is -0.458 e. The van der Waals surface area contributed by atoms with Crippen molar-refractivity contribution in [3.8, 4) is 0 Å². The zero-order valence-electron chi connectivity index (χ0n) is 19.8. The first kappa shape index (κ1) is 25.4. The molecule has 0 radical (unpaired) electrons. The number of esters is 1. The van der Waals surface area contributed by atoms with Gasteiger partial charge in [-0.2, -0.15) is 0 Å². The van der Waals surface area contributed by atoms with E-state index in [0.29, 0.717) is 12.0 Å². The average molecular weight is 422 g/mol. The summed E-state index contributed by atoms with van der Waals surface area (Å²) in [7, 11) is 0. The number of unbranched alkanes of at least 4 members (excludes halogenated alkanes) is 4. The molecule has 1 unspecified atom stereocenters. The maximum Gasteiger partial charge on any atom is 0.330 e. The molecule has 1 saturated carbocycles. The first-order valence-electron chi connectivity index (χ1n) is 12.9. The standard InChI is InChI=1S/C26H47NO3/c1-4-6-7-8-9-18-26(29)30-25-19-23-21(14-10-11-16-22(28)13-5-2)15-12-17-24(23)27-20(25)3/h9,18,20-25,27-28H,4-8,10-17,19H2,1-3H3/b18-9+/t20-,21+,22?,23+,24-,25-/m0/s1. The van der Waals surface area contributed by atoms with Crippen LogP contribution in [-0.4, -0.2) is 35.4 Å². The van der Waals surface area contributed by atoms with Gasteiger partial charge in [0, 0.05) is 18.2 Å². The number of rotatable bonds is 13. The highest BCUT2D eigenvalue weighted by Crippen LogP contribution is 2.40. The number of piperidine rings is 1. The average Bonchev–Trinajstić information content (AvgIpc) is 2.72. The Bertz CT molecular complexity index is 507. The second-order valence-electron chi connectivity index (χ2n) is 9.75. The van der Waals surface area contributed by atoms with Gasteiger partial charge in [-0.15, -0.1) is 0 Å². The quantitative estimate of drug-likeness (QED) is 0.220. The normalized spacial score (nSPS) is 30.2. The van der Waals surface area contributed by atoms with Crippen molar-refractivity contribution in [2.75, 3.05) is 0 Å². The number of fused-ring (bicyclic) bond motifs is 1. The molecule has 0 aromatic rings. The third-order valence-corrected chi connectivity index (χ3v) is 7.23. The maximum absolute atomic E-state index is 12.3. The topological polar surface area (TPSA) is 58.6 Å². The Kier molecular flexibility index (Phi) is 12.1. The number of nitrogens with one attached hydrogen (secondary N) is 1. The third kappa shape index (κ3) is 8.70. The molecule has 1 saturated heterocycles. The van der Waals surface area contributed by atoms with Crippen LogP contribution in [0, 0.1) is 11.8 Å². The first-order chi connectivity index (χ1) is 14.5. The highest BCUT2D eigenvalue weighted by atomic mass is 16.5. The molecule has 6 atom stereocenters. The van der Waals surface area contributed by atoms with Gasteiger partial charge in [-0.3, -0.25) is 0 Å². The molecule has 2 N–H and O–H groups in total. The maximum atomic E-state index is 12.3. The molecule has 0 spiro atoms. The molecular weight excluding hydrogens is 374 g/mol. The summed E-state index contributed by atoms with van der Waals surface area (Å²) in [5, 5.41) is 13.7. The lowest BCUT2D eigenvalue weighted by molar-refractivity contribution is -0.148. The van der Waals surface area contributed by atoms with Crippen LogP contribution in [0.4, 0.5) is 0 Å². The van der Waals surface area contributed by atoms with Gasteiger partial charge < -0.3 is 15.2 Å². The fraction of sp³-hybridized carbons (Fsp3) is 0.885. The van der Waals surface area contributed by atoms with Gasteiger partial charge in [0.15, 0.2) is 0 Å². The van der Waals surface area contributed by atoms with Gasteiger partial charge in [0.25, 0.3) is 0 Å². The zero-order valence-corrected chi connectivity index (χ0v) is 19.8. The van der Waals surface area contributed by atoms with Crippen molar-refractivity contribution < 1.29 is 14.6 Å². The molecule has 30 heavy (non-hydrogen) atoms. The number of hydrogen-bond donors (Lipinski definition) is 2. The second-order valence-corrected chi connectivity index (χ2v) is 9.75. The van der Waals surface area contributed by atoms with Gasteiger partial charge in [-0.25, -0.2) is 4.79 Å². The van der Waals surface area contributed by atoms with Crippen LogP contribution in [0.15, 0.2) is 12.2 Å². The molecule has 1 aliphatic heterocycles. The highest BCUT2D eigenvalue weighted by molar-refractivity contribution is 5.82. The van der Waals surface area contributed by atoms with Crippen molar-refractivity contribution >= 4 is 5.97 Å². The predicted molar refractivity (Wildman–Crippen MR) is 124 cm³/mol. The largest absolute Gasteiger partial charge is 0.458 e. The van der Waals surface area contributed by atoms with Gasteiger partial charge in [0.2, 0.25) is 0 Å². The Labute approximate surface area is 185 Å². The summed E-state index contributed by atoms with van der Waals surface area (Å²) in [6.07, 6.45) is 19.3. The molecule has 0 amide bonds. The molecule has 2 aliphatic rings. The van der Waals surface area contributed by atoms with Crippen molar-refractivity contribution in [1.82, 2.24) is 5.32 Å². The minimum absolute atomic E-state index is 0.0222. The number of ether oxygens (including phenoxy) is 1. The van der Waals surface area contributed by atoms with E-state index in [1.807, 2.05) is 6.08 Å². The van der Waals surface area contributed by atoms with Gasteiger partial charge in [-0.1, -0.05) is 71.3 Å². The summed E-state index contributed by atoms with van der Waals surface area (Å²) in [6.45, 7) is 6.49. The monoisotopic (exact) mass is 421 g/mol. The van der Waals surface area contributed by atoms with Crippen molar-refractivity contribution in [1.29, 1.82) is 0 Å². The van der Waals surface area contributed by atoms with Crippen LogP contribution in [-0.2, 0) is 9.53 Å². The fourth-order valence-electron chi connectivity index (χ4n) is 5.49. The molecular formula is C26H47NO3. The van der Waals surface area contributed by atoms with Crippen molar-refractivity contribution in [2.24, 2.45) is 11.8 Å². The van der Waals surface area contributed by atoms with Crippen LogP contribution in [0.5, 0.6) is 0 Å². The number of hydrogen-bond acceptors (Lipinski definition) is 4. The molecule has 0 aromatic carbocycles. The lowest BCUT2D eigenvalue weighted by Gasteiger charge is -2.47. The van der Waals surface area contributed by atoms with E-state index in [4.69, 9.17) is 4.74 Å². The van der Waals surface area contributed by atoms with E-state index in [9.17, 15) is 9.90 Å². The van der Waals surface area contributed by atoms with Crippen LogP contribution in [0.2, 0.25) is 0 Å². The predicted octanol–water partition coefficient (Wildman–Crippen LogP) is 5.92. The van der Waals surface area contributed by atoms with E-state index in [1.54, 1.807) is 6.08 Å². The summed E-state index contributed by atoms with van der Waals surface area (Å²) in [6, 6.07) is 0.801. The lowest BCUT2D eigenvalue weighted by Crippen LogP contribution is -2.57. The molecule has 1 aliphatic carbocycles. The Morgan fingerprint density at radius 2 is 1.97 bits per heavy atom. The van der Waals surface area contributed by atoms with E-state index >= 15 is 0 Å². The summed E-state index contributed by atoms with van der Waals surface area (Å²) in [5.74, 6) is 1.15. The van der Waals surface area contributed by atoms with Crippen LogP contribution < -0.4 is 5.32 Å². The van der Waals surface area contributed by atoms with Crippen LogP contribution in [0.1, 0.15) is 111 Å². The molecule has 0 bridgehead atoms. The van der Waals surface area contributed by atoms with E-state index < -0.39 is 0 Å². The SMILES string of the molecule is CCCCC/C=C/C(=O)O[C@H]1C[C@@H]2[C@H](CCCCC(O)CCC)CCC[C@@H]2N[C@H]1C. The fourth-order valence-corrected chi connectivity index (χ4v) is 5.49. The number of aliphatic hydroxyl groups is 1. The van der Waals surface area contributed by atoms with Gasteiger partial charge in [-0.05, 0) is 57.3 Å². The van der Waals surface area contributed by atoms with Crippen molar-refractivity contribution in [3.05, 3.63) is 12.2 Å². The van der Waals surface area contributed by atoms with Crippen LogP contribution in [0.25, 0.3) is 0 Å². The van der Waals surface area contributed by atoms with E-state index in [2.05, 4.69) is 26.1 Å². The highest BCUT2D eigenvalue weighted by Gasteiger charge is 2.41. The Morgan fingerprint density at radius 1 is 1.13 bits per heavy atom. The number of carbonyl (C=O) groups is 1. The van der Waals surface area contributed by atoms with E-state index in [-0.39, 0.29) is 24.2 Å². The third-order valence-electron chi connectivity index (χ3n) is 7.23. The summed E-state index contributed by atoms with van der Waals surface area (Å²) in [4.78, 5) is 12.3. The number of allylic oxidation sites excluding steroid dienone is 1. The number of carbonyl (C=O) groups excluding carboxylic acids is 1. The molecule has 4 heteroatoms. The van der Waals surface area contributed by atoms with E-state index in [0.717, 1.165) is 50.9 Å². The zero-order chi connectivity index (χ0) is 21.8. The molecule has 174 valence electrons. The lowest BCUT2D eigenvalue weighted by atomic mass is 9.68. The van der Waals surface area contributed by atoms with Crippen molar-refractivity contribution in [2.45, 2.75) is 135 Å². The van der Waals surface area contributed by atoms with Crippen LogP contribution in [0.3, 0.4) is 0 Å². The first-order valence-corrected chi connectivity index (χ1v) is 12.9. The summed E-state index contributed by atoms with van der Waals surface area (Å²) >= 11 is 0. The van der Waals surface area contributed by atoms with E-state index in [1.165, 1.54) is 44.9 Å². The molecule has 2 fully saturated rings. The second kappa shape index (κ2) is 14.2. The smallest absolute Gasteiger partial charge is 0.330 e. The van der Waals surface area contributed by atoms with Crippen LogP contribution >= 0.6 is 0 Å². The number of aliphatic hydroxyl groups excluding tert-OH is 1. The molecule has 1 heterocycles. The van der Waals surface area contributed by atoms with Gasteiger partial charge in [0.05, 0.1) is 6.10 Å². The van der Waals surface area contributed by atoms with Gasteiger partial charge >= 0.3 is 5.97 Å².